The molecule has 1 aliphatic heterocycles. The third kappa shape index (κ3) is 3.54. The maximum atomic E-state index is 8.68. The van der Waals surface area contributed by atoms with Crippen LogP contribution in [0.25, 0.3) is 0 Å². The first kappa shape index (κ1) is 14.5. The molecule has 1 unspecified atom stereocenters. The van der Waals surface area contributed by atoms with Gasteiger partial charge in [0.25, 0.3) is 0 Å². The standard InChI is InChI=1S/C14H21N3O3/c1-2-11(14(15)17-18)16-6-5-10-3-4-12-13(9-10)20-8-7-19-12/h3-4,9,11,16,18H,2,5-8H2,1H3,(H2,15,17). The molecule has 0 spiro atoms. The molecule has 1 heterocycles. The van der Waals surface area contributed by atoms with Gasteiger partial charge in [-0.25, -0.2) is 0 Å². The number of ether oxygens (including phenoxy) is 2. The van der Waals surface area contributed by atoms with E-state index in [9.17, 15) is 0 Å². The van der Waals surface area contributed by atoms with Crippen LogP contribution in [0.2, 0.25) is 0 Å². The Bertz CT molecular complexity index is 477. The minimum atomic E-state index is -0.0998. The Labute approximate surface area is 118 Å². The van der Waals surface area contributed by atoms with Crippen LogP contribution in [0.5, 0.6) is 11.5 Å². The summed E-state index contributed by atoms with van der Waals surface area (Å²) in [7, 11) is 0. The Balaban J connectivity index is 1.88. The lowest BCUT2D eigenvalue weighted by Crippen LogP contribution is -2.41. The van der Waals surface area contributed by atoms with Crippen molar-refractivity contribution >= 4 is 5.84 Å². The van der Waals surface area contributed by atoms with Gasteiger partial charge in [0.1, 0.15) is 13.2 Å². The zero-order chi connectivity index (χ0) is 14.4. The van der Waals surface area contributed by atoms with Gasteiger partial charge in [0.05, 0.1) is 6.04 Å². The molecule has 0 saturated carbocycles. The Morgan fingerprint density at radius 3 is 2.85 bits per heavy atom. The summed E-state index contributed by atoms with van der Waals surface area (Å²) in [4.78, 5) is 0. The molecule has 4 N–H and O–H groups in total. The number of nitrogens with two attached hydrogens (primary N) is 1. The van der Waals surface area contributed by atoms with E-state index in [1.54, 1.807) is 0 Å². The van der Waals surface area contributed by atoms with E-state index >= 15 is 0 Å². The van der Waals surface area contributed by atoms with E-state index in [2.05, 4.69) is 10.5 Å². The minimum Gasteiger partial charge on any atom is -0.486 e. The van der Waals surface area contributed by atoms with E-state index < -0.39 is 0 Å². The smallest absolute Gasteiger partial charge is 0.161 e. The molecule has 0 saturated heterocycles. The molecule has 1 aromatic carbocycles. The molecular weight excluding hydrogens is 258 g/mol. The van der Waals surface area contributed by atoms with Gasteiger partial charge in [-0.1, -0.05) is 18.1 Å². The lowest BCUT2D eigenvalue weighted by atomic mass is 10.1. The second-order valence-electron chi connectivity index (χ2n) is 4.67. The van der Waals surface area contributed by atoms with Crippen molar-refractivity contribution in [3.05, 3.63) is 23.8 Å². The van der Waals surface area contributed by atoms with Gasteiger partial charge in [-0.2, -0.15) is 0 Å². The topological polar surface area (TPSA) is 89.1 Å². The summed E-state index contributed by atoms with van der Waals surface area (Å²) in [5.41, 5.74) is 6.76. The molecule has 0 aromatic heterocycles. The summed E-state index contributed by atoms with van der Waals surface area (Å²) in [6.07, 6.45) is 1.61. The third-order valence-electron chi connectivity index (χ3n) is 3.29. The fraction of sp³-hybridized carbons (Fsp3) is 0.500. The highest BCUT2D eigenvalue weighted by atomic mass is 16.6. The summed E-state index contributed by atoms with van der Waals surface area (Å²) in [6.45, 7) is 3.93. The molecule has 0 radical (unpaired) electrons. The number of fused-ring (bicyclic) bond motifs is 1. The Hall–Kier alpha value is -1.95. The summed E-state index contributed by atoms with van der Waals surface area (Å²) in [6, 6.07) is 5.86. The van der Waals surface area contributed by atoms with Crippen LogP contribution in [-0.4, -0.2) is 36.8 Å². The molecule has 6 nitrogen and oxygen atoms in total. The monoisotopic (exact) mass is 279 g/mol. The summed E-state index contributed by atoms with van der Waals surface area (Å²) >= 11 is 0. The van der Waals surface area contributed by atoms with Crippen LogP contribution in [0.15, 0.2) is 23.4 Å². The molecular formula is C14H21N3O3. The predicted octanol–water partition coefficient (Wildman–Crippen LogP) is 1.11. The van der Waals surface area contributed by atoms with E-state index in [0.717, 1.165) is 36.4 Å². The maximum Gasteiger partial charge on any atom is 0.161 e. The summed E-state index contributed by atoms with van der Waals surface area (Å²) in [5.74, 6) is 1.82. The van der Waals surface area contributed by atoms with Gasteiger partial charge in [-0.3, -0.25) is 0 Å². The van der Waals surface area contributed by atoms with Gasteiger partial charge in [-0.05, 0) is 37.1 Å². The first-order valence-electron chi connectivity index (χ1n) is 6.84. The highest BCUT2D eigenvalue weighted by molar-refractivity contribution is 5.85. The SMILES string of the molecule is CCC(NCCc1ccc2c(c1)OCCO2)C(N)=NO. The van der Waals surface area contributed by atoms with Crippen LogP contribution < -0.4 is 20.5 Å². The van der Waals surface area contributed by atoms with Crippen molar-refractivity contribution in [1.29, 1.82) is 0 Å². The highest BCUT2D eigenvalue weighted by Gasteiger charge is 2.13. The fourth-order valence-corrected chi connectivity index (χ4v) is 2.16. The number of hydrogen-bond acceptors (Lipinski definition) is 5. The molecule has 2 rings (SSSR count). The van der Waals surface area contributed by atoms with Crippen molar-refractivity contribution in [3.8, 4) is 11.5 Å². The molecule has 1 atom stereocenters. The minimum absolute atomic E-state index is 0.0998. The second kappa shape index (κ2) is 7.00. The zero-order valence-corrected chi connectivity index (χ0v) is 11.6. The van der Waals surface area contributed by atoms with Crippen LogP contribution in [0.4, 0.5) is 0 Å². The van der Waals surface area contributed by atoms with Gasteiger partial charge < -0.3 is 25.7 Å². The third-order valence-corrected chi connectivity index (χ3v) is 3.29. The number of amidine groups is 1. The van der Waals surface area contributed by atoms with Crippen LogP contribution in [-0.2, 0) is 6.42 Å². The van der Waals surface area contributed by atoms with Crippen molar-refractivity contribution in [2.24, 2.45) is 10.9 Å². The Kier molecular flexibility index (Phi) is 5.06. The van der Waals surface area contributed by atoms with E-state index in [0.29, 0.717) is 13.2 Å². The van der Waals surface area contributed by atoms with Crippen LogP contribution in [0.3, 0.4) is 0 Å². The molecule has 110 valence electrons. The van der Waals surface area contributed by atoms with Crippen molar-refractivity contribution in [3.63, 3.8) is 0 Å². The van der Waals surface area contributed by atoms with Crippen molar-refractivity contribution < 1.29 is 14.7 Å². The van der Waals surface area contributed by atoms with Crippen molar-refractivity contribution in [2.45, 2.75) is 25.8 Å². The Morgan fingerprint density at radius 2 is 2.15 bits per heavy atom. The van der Waals surface area contributed by atoms with Crippen molar-refractivity contribution in [1.82, 2.24) is 5.32 Å². The average Bonchev–Trinajstić information content (AvgIpc) is 2.50. The van der Waals surface area contributed by atoms with Gasteiger partial charge in [0, 0.05) is 0 Å². The number of nitrogens with one attached hydrogen (secondary N) is 1. The average molecular weight is 279 g/mol. The van der Waals surface area contributed by atoms with Gasteiger partial charge in [0.2, 0.25) is 0 Å². The van der Waals surface area contributed by atoms with E-state index in [1.165, 1.54) is 0 Å². The second-order valence-corrected chi connectivity index (χ2v) is 4.67. The number of benzene rings is 1. The molecule has 1 aromatic rings. The lowest BCUT2D eigenvalue weighted by molar-refractivity contribution is 0.171. The lowest BCUT2D eigenvalue weighted by Gasteiger charge is -2.19. The first-order chi connectivity index (χ1) is 9.74. The maximum absolute atomic E-state index is 8.68. The predicted molar refractivity (Wildman–Crippen MR) is 76.6 cm³/mol. The number of rotatable bonds is 6. The van der Waals surface area contributed by atoms with Gasteiger partial charge in [0.15, 0.2) is 17.3 Å². The largest absolute Gasteiger partial charge is 0.486 e. The normalized spacial score (nSPS) is 15.9. The molecule has 0 amide bonds. The van der Waals surface area contributed by atoms with E-state index in [1.807, 2.05) is 25.1 Å². The summed E-state index contributed by atoms with van der Waals surface area (Å²) < 4.78 is 11.0. The molecule has 1 aliphatic rings. The number of oxime groups is 1. The summed E-state index contributed by atoms with van der Waals surface area (Å²) in [5, 5.41) is 15.0. The zero-order valence-electron chi connectivity index (χ0n) is 11.6. The highest BCUT2D eigenvalue weighted by Crippen LogP contribution is 2.30. The van der Waals surface area contributed by atoms with Crippen molar-refractivity contribution in [2.75, 3.05) is 19.8 Å². The van der Waals surface area contributed by atoms with Crippen LogP contribution in [0, 0.1) is 0 Å². The van der Waals surface area contributed by atoms with Gasteiger partial charge in [-0.15, -0.1) is 0 Å². The molecule has 0 bridgehead atoms. The fourth-order valence-electron chi connectivity index (χ4n) is 2.16. The van der Waals surface area contributed by atoms with Gasteiger partial charge >= 0.3 is 0 Å². The van der Waals surface area contributed by atoms with Crippen LogP contribution in [0.1, 0.15) is 18.9 Å². The number of hydrogen-bond donors (Lipinski definition) is 3. The number of nitrogens with zero attached hydrogens (tertiary/aromatic N) is 1. The molecule has 0 fully saturated rings. The molecule has 0 aliphatic carbocycles. The molecule has 20 heavy (non-hydrogen) atoms. The van der Waals surface area contributed by atoms with E-state index in [4.69, 9.17) is 20.4 Å². The Morgan fingerprint density at radius 1 is 1.40 bits per heavy atom. The molecule has 6 heteroatoms. The van der Waals surface area contributed by atoms with E-state index in [-0.39, 0.29) is 11.9 Å². The first-order valence-corrected chi connectivity index (χ1v) is 6.84. The quantitative estimate of drug-likeness (QED) is 0.314. The van der Waals surface area contributed by atoms with Crippen LogP contribution >= 0.6 is 0 Å².